The molecule has 0 saturated carbocycles. The highest BCUT2D eigenvalue weighted by atomic mass is 16.5. The summed E-state index contributed by atoms with van der Waals surface area (Å²) < 4.78 is 11.2. The van der Waals surface area contributed by atoms with E-state index in [0.29, 0.717) is 6.61 Å². The van der Waals surface area contributed by atoms with Gasteiger partial charge in [0.15, 0.2) is 0 Å². The van der Waals surface area contributed by atoms with Crippen LogP contribution in [0.5, 0.6) is 5.75 Å². The van der Waals surface area contributed by atoms with Crippen LogP contribution >= 0.6 is 0 Å². The molecule has 3 nitrogen and oxygen atoms in total. The molecule has 2 aromatic rings. The minimum absolute atomic E-state index is 0.0863. The molecule has 0 unspecified atom stereocenters. The number of rotatable bonds is 6. The van der Waals surface area contributed by atoms with E-state index in [-0.39, 0.29) is 5.41 Å². The van der Waals surface area contributed by atoms with Crippen LogP contribution in [-0.4, -0.2) is 13.2 Å². The normalized spacial score (nSPS) is 11.6. The van der Waals surface area contributed by atoms with Gasteiger partial charge in [0.2, 0.25) is 0 Å². The third kappa shape index (κ3) is 4.64. The van der Waals surface area contributed by atoms with E-state index >= 15 is 0 Å². The lowest BCUT2D eigenvalue weighted by atomic mass is 9.85. The maximum atomic E-state index is 5.94. The first-order valence-corrected chi connectivity index (χ1v) is 7.44. The minimum atomic E-state index is 0.0863. The molecule has 1 N–H and O–H groups in total. The van der Waals surface area contributed by atoms with Crippen molar-refractivity contribution in [3.63, 3.8) is 0 Å². The van der Waals surface area contributed by atoms with Crippen molar-refractivity contribution in [2.24, 2.45) is 0 Å². The van der Waals surface area contributed by atoms with Gasteiger partial charge in [0.05, 0.1) is 12.8 Å². The molecule has 0 bridgehead atoms. The van der Waals surface area contributed by atoms with Crippen molar-refractivity contribution in [2.75, 3.05) is 13.2 Å². The topological polar surface area (TPSA) is 34.4 Å². The van der Waals surface area contributed by atoms with Crippen LogP contribution in [0.1, 0.15) is 37.7 Å². The molecule has 0 aliphatic carbocycles. The molecule has 0 radical (unpaired) electrons. The number of aryl methyl sites for hydroxylation is 1. The Morgan fingerprint density at radius 1 is 1.19 bits per heavy atom. The molecule has 114 valence electrons. The largest absolute Gasteiger partial charge is 0.492 e. The van der Waals surface area contributed by atoms with Crippen LogP contribution in [0, 0.1) is 6.92 Å². The van der Waals surface area contributed by atoms with Gasteiger partial charge in [-0.3, -0.25) is 0 Å². The predicted molar refractivity (Wildman–Crippen MR) is 85.8 cm³/mol. The summed E-state index contributed by atoms with van der Waals surface area (Å²) in [5.74, 6) is 1.92. The molecule has 0 atom stereocenters. The summed E-state index contributed by atoms with van der Waals surface area (Å²) in [5, 5.41) is 3.31. The van der Waals surface area contributed by atoms with E-state index in [9.17, 15) is 0 Å². The Bertz CT molecular complexity index is 553. The van der Waals surface area contributed by atoms with Crippen LogP contribution in [0.4, 0.5) is 0 Å². The van der Waals surface area contributed by atoms with Crippen molar-refractivity contribution in [3.8, 4) is 5.75 Å². The lowest BCUT2D eigenvalue weighted by Gasteiger charge is -2.23. The molecule has 0 aliphatic heterocycles. The molecule has 3 heteroatoms. The third-order valence-electron chi connectivity index (χ3n) is 3.36. The average Bonchev–Trinajstić information content (AvgIpc) is 2.92. The van der Waals surface area contributed by atoms with Crippen LogP contribution in [-0.2, 0) is 12.0 Å². The molecule has 0 spiro atoms. The van der Waals surface area contributed by atoms with E-state index in [0.717, 1.165) is 24.6 Å². The Hall–Kier alpha value is -1.74. The fraction of sp³-hybridized carbons (Fsp3) is 0.444. The van der Waals surface area contributed by atoms with Crippen LogP contribution in [0.2, 0.25) is 0 Å². The molecule has 1 heterocycles. The van der Waals surface area contributed by atoms with Gasteiger partial charge in [0, 0.05) is 6.54 Å². The van der Waals surface area contributed by atoms with Gasteiger partial charge in [-0.2, -0.15) is 0 Å². The molecular formula is C18H25NO2. The van der Waals surface area contributed by atoms with Crippen molar-refractivity contribution < 1.29 is 9.15 Å². The average molecular weight is 287 g/mol. The van der Waals surface area contributed by atoms with E-state index in [1.165, 1.54) is 11.1 Å². The Kier molecular flexibility index (Phi) is 5.07. The number of furan rings is 1. The predicted octanol–water partition coefficient (Wildman–Crippen LogP) is 4.05. The van der Waals surface area contributed by atoms with Crippen molar-refractivity contribution in [1.29, 1.82) is 0 Å². The van der Waals surface area contributed by atoms with E-state index < -0.39 is 0 Å². The molecule has 0 aliphatic rings. The first-order valence-electron chi connectivity index (χ1n) is 7.44. The third-order valence-corrected chi connectivity index (χ3v) is 3.36. The smallest absolute Gasteiger partial charge is 0.123 e. The summed E-state index contributed by atoms with van der Waals surface area (Å²) in [4.78, 5) is 0. The fourth-order valence-electron chi connectivity index (χ4n) is 2.21. The van der Waals surface area contributed by atoms with Crippen LogP contribution < -0.4 is 10.1 Å². The summed E-state index contributed by atoms with van der Waals surface area (Å²) in [6.07, 6.45) is 1.69. The molecule has 1 aromatic heterocycles. The Morgan fingerprint density at radius 3 is 2.67 bits per heavy atom. The molecular weight excluding hydrogens is 262 g/mol. The quantitative estimate of drug-likeness (QED) is 0.814. The first kappa shape index (κ1) is 15.6. The highest BCUT2D eigenvalue weighted by Gasteiger charge is 2.18. The second-order valence-electron chi connectivity index (χ2n) is 6.35. The molecule has 0 fully saturated rings. The Balaban J connectivity index is 1.85. The van der Waals surface area contributed by atoms with E-state index in [1.807, 2.05) is 12.1 Å². The molecule has 2 rings (SSSR count). The van der Waals surface area contributed by atoms with Crippen molar-refractivity contribution in [3.05, 3.63) is 53.5 Å². The van der Waals surface area contributed by atoms with E-state index in [1.54, 1.807) is 6.26 Å². The molecule has 0 amide bonds. The van der Waals surface area contributed by atoms with Crippen LogP contribution in [0.3, 0.4) is 0 Å². The van der Waals surface area contributed by atoms with Gasteiger partial charge < -0.3 is 14.5 Å². The fourth-order valence-corrected chi connectivity index (χ4v) is 2.21. The summed E-state index contributed by atoms with van der Waals surface area (Å²) >= 11 is 0. The molecule has 1 aromatic carbocycles. The first-order chi connectivity index (χ1) is 9.97. The summed E-state index contributed by atoms with van der Waals surface area (Å²) in [5.41, 5.74) is 2.61. The van der Waals surface area contributed by atoms with Crippen molar-refractivity contribution >= 4 is 0 Å². The highest BCUT2D eigenvalue weighted by molar-refractivity contribution is 5.41. The van der Waals surface area contributed by atoms with Gasteiger partial charge in [-0.25, -0.2) is 0 Å². The second kappa shape index (κ2) is 6.81. The molecule has 0 saturated heterocycles. The summed E-state index contributed by atoms with van der Waals surface area (Å²) in [7, 11) is 0. The number of benzene rings is 1. The van der Waals surface area contributed by atoms with Crippen LogP contribution in [0.15, 0.2) is 41.0 Å². The van der Waals surface area contributed by atoms with E-state index in [4.69, 9.17) is 9.15 Å². The standard InChI is InChI=1S/C18H25NO2/c1-14-7-8-17(16(12-14)18(2,3)4)21-11-9-19-13-15-6-5-10-20-15/h5-8,10,12,19H,9,11,13H2,1-4H3. The molecule has 21 heavy (non-hydrogen) atoms. The number of nitrogens with one attached hydrogen (secondary N) is 1. The zero-order chi connectivity index (χ0) is 15.3. The highest BCUT2D eigenvalue weighted by Crippen LogP contribution is 2.32. The maximum Gasteiger partial charge on any atom is 0.123 e. The SMILES string of the molecule is Cc1ccc(OCCNCc2ccco2)c(C(C)(C)C)c1. The zero-order valence-electron chi connectivity index (χ0n) is 13.4. The second-order valence-corrected chi connectivity index (χ2v) is 6.35. The number of hydrogen-bond donors (Lipinski definition) is 1. The van der Waals surface area contributed by atoms with Crippen molar-refractivity contribution in [1.82, 2.24) is 5.32 Å². The Morgan fingerprint density at radius 2 is 2.00 bits per heavy atom. The van der Waals surface area contributed by atoms with Gasteiger partial charge in [-0.15, -0.1) is 0 Å². The Labute approximate surface area is 127 Å². The lowest BCUT2D eigenvalue weighted by molar-refractivity contribution is 0.303. The van der Waals surface area contributed by atoms with Gasteiger partial charge in [-0.1, -0.05) is 38.5 Å². The minimum Gasteiger partial charge on any atom is -0.492 e. The van der Waals surface area contributed by atoms with Gasteiger partial charge in [0.1, 0.15) is 18.1 Å². The van der Waals surface area contributed by atoms with Gasteiger partial charge in [-0.05, 0) is 36.1 Å². The number of hydrogen-bond acceptors (Lipinski definition) is 3. The van der Waals surface area contributed by atoms with Crippen molar-refractivity contribution in [2.45, 2.75) is 39.7 Å². The monoisotopic (exact) mass is 287 g/mol. The van der Waals surface area contributed by atoms with Gasteiger partial charge in [0.25, 0.3) is 0 Å². The maximum absolute atomic E-state index is 5.94. The van der Waals surface area contributed by atoms with Crippen LogP contribution in [0.25, 0.3) is 0 Å². The summed E-state index contributed by atoms with van der Waals surface area (Å²) in [6, 6.07) is 10.2. The zero-order valence-corrected chi connectivity index (χ0v) is 13.4. The van der Waals surface area contributed by atoms with Gasteiger partial charge >= 0.3 is 0 Å². The number of ether oxygens (including phenoxy) is 1. The summed E-state index contributed by atoms with van der Waals surface area (Å²) in [6.45, 7) is 10.9. The lowest BCUT2D eigenvalue weighted by Crippen LogP contribution is -2.21. The van der Waals surface area contributed by atoms with E-state index in [2.05, 4.69) is 51.2 Å².